The van der Waals surface area contributed by atoms with Crippen LogP contribution in [0.1, 0.15) is 75.5 Å². The molecular formula is C32H40N2O3S2. The molecule has 4 fully saturated rings. The number of hydrogen-bond donors (Lipinski definition) is 0. The van der Waals surface area contributed by atoms with Crippen LogP contribution in [0.25, 0.3) is 17.4 Å². The molecule has 3 atom stereocenters. The van der Waals surface area contributed by atoms with E-state index in [1.54, 1.807) is 7.11 Å². The average molecular weight is 565 g/mol. The number of ether oxygens (including phenoxy) is 1. The smallest absolute Gasteiger partial charge is 0.266 e. The molecule has 2 saturated carbocycles. The standard InChI is InChI=1S/C32H40N2O3S2/c1-36-26-11-8-10-24(19-26)28-20-25(9-4-2-5-14-33-15-6-3-7-16-33)29(37-28)21-30-31(35)34(32(38)39-30)27-18-22-12-13-23(27)17-22/h8,10-11,19-23,27H,2-7,9,12-18H2,1H3/b30-21-. The van der Waals surface area contributed by atoms with Crippen molar-refractivity contribution in [1.82, 2.24) is 9.80 Å². The Morgan fingerprint density at radius 3 is 2.74 bits per heavy atom. The minimum atomic E-state index is 0.0642. The van der Waals surface area contributed by atoms with E-state index in [1.165, 1.54) is 82.8 Å². The van der Waals surface area contributed by atoms with E-state index in [0.29, 0.717) is 15.1 Å². The van der Waals surface area contributed by atoms with Gasteiger partial charge in [-0.05, 0) is 107 Å². The fourth-order valence-electron chi connectivity index (χ4n) is 7.10. The Morgan fingerprint density at radius 2 is 1.97 bits per heavy atom. The van der Waals surface area contributed by atoms with Crippen LogP contribution < -0.4 is 4.74 Å². The first-order valence-corrected chi connectivity index (χ1v) is 16.1. The molecule has 3 unspecified atom stereocenters. The van der Waals surface area contributed by atoms with E-state index in [1.807, 2.05) is 35.2 Å². The van der Waals surface area contributed by atoms with Crippen LogP contribution in [0.3, 0.4) is 0 Å². The summed E-state index contributed by atoms with van der Waals surface area (Å²) in [6.45, 7) is 3.73. The zero-order valence-electron chi connectivity index (χ0n) is 23.0. The molecule has 1 aromatic carbocycles. The van der Waals surface area contributed by atoms with Gasteiger partial charge in [0.1, 0.15) is 21.6 Å². The van der Waals surface area contributed by atoms with Crippen LogP contribution in [0.2, 0.25) is 0 Å². The highest BCUT2D eigenvalue weighted by Crippen LogP contribution is 2.49. The maximum absolute atomic E-state index is 13.6. The third-order valence-electron chi connectivity index (χ3n) is 9.18. The van der Waals surface area contributed by atoms with Crippen LogP contribution in [0.5, 0.6) is 5.75 Å². The second-order valence-corrected chi connectivity index (χ2v) is 13.4. The number of amides is 1. The van der Waals surface area contributed by atoms with Crippen molar-refractivity contribution in [2.45, 2.75) is 76.7 Å². The third kappa shape index (κ3) is 6.01. The van der Waals surface area contributed by atoms with E-state index in [4.69, 9.17) is 21.4 Å². The molecule has 2 saturated heterocycles. The van der Waals surface area contributed by atoms with Gasteiger partial charge in [-0.15, -0.1) is 0 Å². The van der Waals surface area contributed by atoms with Crippen molar-refractivity contribution in [3.8, 4) is 17.1 Å². The quantitative estimate of drug-likeness (QED) is 0.169. The fraction of sp³-hybridized carbons (Fsp3) is 0.562. The molecule has 1 aromatic heterocycles. The largest absolute Gasteiger partial charge is 0.497 e. The third-order valence-corrected chi connectivity index (χ3v) is 10.5. The Kier molecular flexibility index (Phi) is 8.47. The van der Waals surface area contributed by atoms with Gasteiger partial charge in [0.05, 0.1) is 12.0 Å². The molecule has 0 radical (unpaired) electrons. The van der Waals surface area contributed by atoms with Gasteiger partial charge in [0.15, 0.2) is 0 Å². The maximum Gasteiger partial charge on any atom is 0.266 e. The molecule has 208 valence electrons. The molecule has 2 aliphatic heterocycles. The van der Waals surface area contributed by atoms with Crippen molar-refractivity contribution in [1.29, 1.82) is 0 Å². The van der Waals surface area contributed by atoms with Gasteiger partial charge in [-0.3, -0.25) is 9.69 Å². The van der Waals surface area contributed by atoms with E-state index >= 15 is 0 Å². The molecule has 0 N–H and O–H groups in total. The van der Waals surface area contributed by atoms with E-state index < -0.39 is 0 Å². The Morgan fingerprint density at radius 1 is 1.10 bits per heavy atom. The zero-order valence-corrected chi connectivity index (χ0v) is 24.7. The molecule has 2 aromatic rings. The van der Waals surface area contributed by atoms with Crippen LogP contribution in [0, 0.1) is 11.8 Å². The number of benzene rings is 1. The number of unbranched alkanes of at least 4 members (excludes halogenated alkanes) is 2. The molecule has 6 rings (SSSR count). The van der Waals surface area contributed by atoms with Crippen molar-refractivity contribution in [2.75, 3.05) is 26.7 Å². The summed E-state index contributed by atoms with van der Waals surface area (Å²) < 4.78 is 12.6. The number of furan rings is 1. The topological polar surface area (TPSA) is 45.9 Å². The van der Waals surface area contributed by atoms with Gasteiger partial charge in [-0.1, -0.05) is 55.4 Å². The number of carbonyl (C=O) groups is 1. The lowest BCUT2D eigenvalue weighted by Gasteiger charge is -2.30. The van der Waals surface area contributed by atoms with Crippen molar-refractivity contribution >= 4 is 40.3 Å². The van der Waals surface area contributed by atoms with Crippen molar-refractivity contribution in [3.05, 3.63) is 46.6 Å². The molecule has 1 amide bonds. The predicted molar refractivity (Wildman–Crippen MR) is 163 cm³/mol. The van der Waals surface area contributed by atoms with E-state index in [-0.39, 0.29) is 11.9 Å². The first-order chi connectivity index (χ1) is 19.1. The van der Waals surface area contributed by atoms with Gasteiger partial charge in [0.25, 0.3) is 5.91 Å². The minimum Gasteiger partial charge on any atom is -0.497 e. The van der Waals surface area contributed by atoms with Crippen LogP contribution in [0.15, 0.2) is 39.7 Å². The molecule has 0 spiro atoms. The zero-order chi connectivity index (χ0) is 26.8. The lowest BCUT2D eigenvalue weighted by atomic mass is 9.94. The van der Waals surface area contributed by atoms with E-state index in [0.717, 1.165) is 53.6 Å². The summed E-state index contributed by atoms with van der Waals surface area (Å²) in [4.78, 5) is 18.8. The molecular weight excluding hydrogens is 524 g/mol. The Balaban J connectivity index is 1.18. The van der Waals surface area contributed by atoms with Crippen molar-refractivity contribution in [2.24, 2.45) is 11.8 Å². The number of carbonyl (C=O) groups excluding carboxylic acids is 1. The summed E-state index contributed by atoms with van der Waals surface area (Å²) in [7, 11) is 1.68. The first kappa shape index (κ1) is 27.1. The monoisotopic (exact) mass is 564 g/mol. The van der Waals surface area contributed by atoms with Gasteiger partial charge in [0.2, 0.25) is 0 Å². The fourth-order valence-corrected chi connectivity index (χ4v) is 8.45. The second kappa shape index (κ2) is 12.2. The molecule has 3 heterocycles. The Bertz CT molecular complexity index is 1230. The number of methoxy groups -OCH3 is 1. The minimum absolute atomic E-state index is 0.0642. The lowest BCUT2D eigenvalue weighted by Crippen LogP contribution is -2.41. The molecule has 2 aliphatic carbocycles. The Hall–Kier alpha value is -2.09. The SMILES string of the molecule is COc1cccc(-c2cc(CCCCCN3CCCCC3)c(/C=C3\SC(=S)N(C4CC5CCC4C5)C3=O)o2)c1. The number of nitrogens with zero attached hydrogens (tertiary/aromatic N) is 2. The molecule has 2 bridgehead atoms. The van der Waals surface area contributed by atoms with Crippen molar-refractivity contribution in [3.63, 3.8) is 0 Å². The number of hydrogen-bond acceptors (Lipinski definition) is 6. The highest BCUT2D eigenvalue weighted by atomic mass is 32.2. The van der Waals surface area contributed by atoms with Crippen LogP contribution in [0.4, 0.5) is 0 Å². The number of thiocarbonyl (C=S) groups is 1. The summed E-state index contributed by atoms with van der Waals surface area (Å²) >= 11 is 7.18. The first-order valence-electron chi connectivity index (χ1n) is 14.9. The van der Waals surface area contributed by atoms with Gasteiger partial charge < -0.3 is 14.1 Å². The molecule has 4 aliphatic rings. The average Bonchev–Trinajstić information content (AvgIpc) is 3.74. The van der Waals surface area contributed by atoms with Gasteiger partial charge >= 0.3 is 0 Å². The number of likely N-dealkylation sites (tertiary alicyclic amines) is 1. The summed E-state index contributed by atoms with van der Waals surface area (Å²) in [6, 6.07) is 10.4. The summed E-state index contributed by atoms with van der Waals surface area (Å²) in [5.74, 6) is 3.85. The number of fused-ring (bicyclic) bond motifs is 2. The molecule has 39 heavy (non-hydrogen) atoms. The summed E-state index contributed by atoms with van der Waals surface area (Å²) in [6.07, 6.45) is 15.4. The van der Waals surface area contributed by atoms with Gasteiger partial charge in [-0.2, -0.15) is 0 Å². The highest BCUT2D eigenvalue weighted by molar-refractivity contribution is 8.26. The van der Waals surface area contributed by atoms with Crippen LogP contribution >= 0.6 is 24.0 Å². The summed E-state index contributed by atoms with van der Waals surface area (Å²) in [5, 5.41) is 0. The Labute approximate surface area is 242 Å². The number of aryl methyl sites for hydroxylation is 1. The number of thioether (sulfide) groups is 1. The summed E-state index contributed by atoms with van der Waals surface area (Å²) in [5.41, 5.74) is 2.14. The van der Waals surface area contributed by atoms with Gasteiger partial charge in [-0.25, -0.2) is 0 Å². The van der Waals surface area contributed by atoms with Crippen molar-refractivity contribution < 1.29 is 13.9 Å². The molecule has 5 nitrogen and oxygen atoms in total. The lowest BCUT2D eigenvalue weighted by molar-refractivity contribution is -0.124. The second-order valence-electron chi connectivity index (χ2n) is 11.7. The van der Waals surface area contributed by atoms with Crippen LogP contribution in [-0.4, -0.2) is 52.8 Å². The maximum atomic E-state index is 13.6. The highest BCUT2D eigenvalue weighted by Gasteiger charge is 2.48. The van der Waals surface area contributed by atoms with Gasteiger partial charge in [0, 0.05) is 17.7 Å². The van der Waals surface area contributed by atoms with Crippen LogP contribution in [-0.2, 0) is 11.2 Å². The predicted octanol–water partition coefficient (Wildman–Crippen LogP) is 7.54. The van der Waals surface area contributed by atoms with E-state index in [2.05, 4.69) is 11.0 Å². The van der Waals surface area contributed by atoms with E-state index in [9.17, 15) is 4.79 Å². The normalized spacial score (nSPS) is 26.3. The number of rotatable bonds is 10. The molecule has 7 heteroatoms. The number of piperidine rings is 1.